The van der Waals surface area contributed by atoms with Crippen LogP contribution in [0.4, 0.5) is 0 Å². The summed E-state index contributed by atoms with van der Waals surface area (Å²) >= 11 is 5.80. The zero-order valence-corrected chi connectivity index (χ0v) is 8.28. The fraction of sp³-hybridized carbons (Fsp3) is 0.100. The predicted octanol–water partition coefficient (Wildman–Crippen LogP) is 2.01. The Bertz CT molecular complexity index is 533. The van der Waals surface area contributed by atoms with Crippen LogP contribution in [0.1, 0.15) is 0 Å². The van der Waals surface area contributed by atoms with E-state index in [9.17, 15) is 4.79 Å². The number of hydrogen-bond acceptors (Lipinski definition) is 2. The molecular formula is C10H8ClNO2. The van der Waals surface area contributed by atoms with E-state index in [0.717, 1.165) is 9.47 Å². The van der Waals surface area contributed by atoms with Gasteiger partial charge in [0.15, 0.2) is 0 Å². The molecule has 1 heterocycles. The quantitative estimate of drug-likeness (QED) is 0.720. The SMILES string of the molecule is COc1ccc2ccc(=O)n(Cl)c2c1. The molecular weight excluding hydrogens is 202 g/mol. The highest BCUT2D eigenvalue weighted by Crippen LogP contribution is 2.19. The zero-order chi connectivity index (χ0) is 10.1. The fourth-order valence-corrected chi connectivity index (χ4v) is 1.51. The summed E-state index contributed by atoms with van der Waals surface area (Å²) in [4.78, 5) is 11.2. The standard InChI is InChI=1S/C10H8ClNO2/c1-14-8-4-2-7-3-5-10(13)12(11)9(7)6-8/h2-6H,1H3. The molecule has 0 saturated heterocycles. The van der Waals surface area contributed by atoms with Crippen LogP contribution in [0.15, 0.2) is 35.1 Å². The fourth-order valence-electron chi connectivity index (χ4n) is 1.31. The summed E-state index contributed by atoms with van der Waals surface area (Å²) in [6, 6.07) is 8.57. The van der Waals surface area contributed by atoms with E-state index in [1.54, 1.807) is 19.2 Å². The Kier molecular flexibility index (Phi) is 2.17. The highest BCUT2D eigenvalue weighted by atomic mass is 35.5. The second-order valence-electron chi connectivity index (χ2n) is 2.88. The Balaban J connectivity index is 2.84. The van der Waals surface area contributed by atoms with Crippen molar-refractivity contribution in [2.24, 2.45) is 0 Å². The third kappa shape index (κ3) is 1.36. The van der Waals surface area contributed by atoms with Crippen LogP contribution in [0.25, 0.3) is 10.9 Å². The van der Waals surface area contributed by atoms with Gasteiger partial charge in [0.25, 0.3) is 5.56 Å². The highest BCUT2D eigenvalue weighted by Gasteiger charge is 2.01. The first-order valence-electron chi connectivity index (χ1n) is 4.08. The minimum absolute atomic E-state index is 0.243. The van der Waals surface area contributed by atoms with Crippen LogP contribution >= 0.6 is 11.8 Å². The molecule has 0 aliphatic carbocycles. The molecule has 3 nitrogen and oxygen atoms in total. The van der Waals surface area contributed by atoms with Gasteiger partial charge in [0.1, 0.15) is 5.75 Å². The van der Waals surface area contributed by atoms with Crippen molar-refractivity contribution < 1.29 is 4.74 Å². The zero-order valence-electron chi connectivity index (χ0n) is 7.53. The second-order valence-corrected chi connectivity index (χ2v) is 3.22. The normalized spacial score (nSPS) is 10.4. The number of benzene rings is 1. The van der Waals surface area contributed by atoms with E-state index in [2.05, 4.69) is 0 Å². The van der Waals surface area contributed by atoms with Gasteiger partial charge in [-0.25, -0.2) is 4.09 Å². The molecule has 0 aliphatic rings. The van der Waals surface area contributed by atoms with Gasteiger partial charge >= 0.3 is 0 Å². The molecule has 0 amide bonds. The lowest BCUT2D eigenvalue weighted by Crippen LogP contribution is -2.10. The Morgan fingerprint density at radius 3 is 2.71 bits per heavy atom. The van der Waals surface area contributed by atoms with E-state index in [-0.39, 0.29) is 5.56 Å². The van der Waals surface area contributed by atoms with Crippen LogP contribution in [0.3, 0.4) is 0 Å². The largest absolute Gasteiger partial charge is 0.497 e. The summed E-state index contributed by atoms with van der Waals surface area (Å²) in [5.41, 5.74) is 0.408. The van der Waals surface area contributed by atoms with Gasteiger partial charge in [-0.05, 0) is 18.2 Å². The molecule has 72 valence electrons. The third-order valence-corrected chi connectivity index (χ3v) is 2.40. The first-order chi connectivity index (χ1) is 6.72. The average molecular weight is 210 g/mol. The van der Waals surface area contributed by atoms with E-state index in [4.69, 9.17) is 16.5 Å². The molecule has 0 atom stereocenters. The van der Waals surface area contributed by atoms with Gasteiger partial charge in [-0.15, -0.1) is 0 Å². The molecule has 14 heavy (non-hydrogen) atoms. The lowest BCUT2D eigenvalue weighted by Gasteiger charge is -2.04. The van der Waals surface area contributed by atoms with E-state index in [0.29, 0.717) is 11.3 Å². The maximum atomic E-state index is 11.2. The first kappa shape index (κ1) is 9.09. The van der Waals surface area contributed by atoms with Crippen molar-refractivity contribution in [2.75, 3.05) is 7.11 Å². The molecule has 0 bridgehead atoms. The van der Waals surface area contributed by atoms with Crippen molar-refractivity contribution in [1.82, 2.24) is 4.09 Å². The summed E-state index contributed by atoms with van der Waals surface area (Å²) in [6.07, 6.45) is 0. The van der Waals surface area contributed by atoms with Crippen LogP contribution in [0, 0.1) is 0 Å². The number of methoxy groups -OCH3 is 1. The van der Waals surface area contributed by atoms with E-state index in [1.165, 1.54) is 6.07 Å². The van der Waals surface area contributed by atoms with E-state index in [1.807, 2.05) is 12.1 Å². The molecule has 0 N–H and O–H groups in total. The molecule has 1 aromatic heterocycles. The Morgan fingerprint density at radius 2 is 2.00 bits per heavy atom. The van der Waals surface area contributed by atoms with E-state index >= 15 is 0 Å². The van der Waals surface area contributed by atoms with Crippen LogP contribution in [-0.4, -0.2) is 11.2 Å². The topological polar surface area (TPSA) is 31.2 Å². The van der Waals surface area contributed by atoms with Crippen molar-refractivity contribution in [3.05, 3.63) is 40.7 Å². The lowest BCUT2D eigenvalue weighted by atomic mass is 10.2. The van der Waals surface area contributed by atoms with Gasteiger partial charge in [0, 0.05) is 29.3 Å². The third-order valence-electron chi connectivity index (χ3n) is 2.05. The summed E-state index contributed by atoms with van der Waals surface area (Å²) in [5, 5.41) is 0.903. The molecule has 2 aromatic rings. The van der Waals surface area contributed by atoms with Gasteiger partial charge in [0.2, 0.25) is 0 Å². The Hall–Kier alpha value is -1.48. The summed E-state index contributed by atoms with van der Waals surface area (Å²) in [7, 11) is 1.57. The molecule has 0 aliphatic heterocycles. The Labute approximate surface area is 85.6 Å². The number of rotatable bonds is 1. The summed E-state index contributed by atoms with van der Waals surface area (Å²) in [6.45, 7) is 0. The van der Waals surface area contributed by atoms with Crippen molar-refractivity contribution >= 4 is 22.7 Å². The second kappa shape index (κ2) is 3.35. The number of pyridine rings is 1. The van der Waals surface area contributed by atoms with Gasteiger partial charge in [0.05, 0.1) is 12.6 Å². The molecule has 0 radical (unpaired) electrons. The molecule has 4 heteroatoms. The van der Waals surface area contributed by atoms with Crippen LogP contribution in [0.2, 0.25) is 0 Å². The highest BCUT2D eigenvalue weighted by molar-refractivity contribution is 6.18. The number of nitrogens with zero attached hydrogens (tertiary/aromatic N) is 1. The van der Waals surface area contributed by atoms with Crippen LogP contribution in [-0.2, 0) is 0 Å². The predicted molar refractivity (Wildman–Crippen MR) is 56.0 cm³/mol. The van der Waals surface area contributed by atoms with Crippen LogP contribution < -0.4 is 10.3 Å². The van der Waals surface area contributed by atoms with Crippen molar-refractivity contribution in [2.45, 2.75) is 0 Å². The molecule has 0 saturated carbocycles. The number of fused-ring (bicyclic) bond motifs is 1. The van der Waals surface area contributed by atoms with Crippen molar-refractivity contribution in [3.63, 3.8) is 0 Å². The minimum atomic E-state index is -0.243. The molecule has 0 spiro atoms. The molecule has 1 aromatic carbocycles. The van der Waals surface area contributed by atoms with Gasteiger partial charge in [-0.3, -0.25) is 4.79 Å². The van der Waals surface area contributed by atoms with Crippen LogP contribution in [0.5, 0.6) is 5.75 Å². The number of hydrogen-bond donors (Lipinski definition) is 0. The Morgan fingerprint density at radius 1 is 1.29 bits per heavy atom. The summed E-state index contributed by atoms with van der Waals surface area (Å²) in [5.74, 6) is 0.678. The maximum Gasteiger partial charge on any atom is 0.265 e. The number of aromatic nitrogens is 1. The molecule has 0 unspecified atom stereocenters. The summed E-state index contributed by atoms with van der Waals surface area (Å²) < 4.78 is 6.12. The smallest absolute Gasteiger partial charge is 0.265 e. The van der Waals surface area contributed by atoms with E-state index < -0.39 is 0 Å². The molecule has 0 fully saturated rings. The minimum Gasteiger partial charge on any atom is -0.497 e. The number of halogens is 1. The van der Waals surface area contributed by atoms with Crippen molar-refractivity contribution in [1.29, 1.82) is 0 Å². The monoisotopic (exact) mass is 209 g/mol. The average Bonchev–Trinajstić information content (AvgIpc) is 2.23. The van der Waals surface area contributed by atoms with Gasteiger partial charge < -0.3 is 4.74 Å². The molecule has 2 rings (SSSR count). The van der Waals surface area contributed by atoms with Gasteiger partial charge in [-0.2, -0.15) is 0 Å². The maximum absolute atomic E-state index is 11.2. The lowest BCUT2D eigenvalue weighted by molar-refractivity contribution is 0.415. The van der Waals surface area contributed by atoms with Gasteiger partial charge in [-0.1, -0.05) is 0 Å². The number of ether oxygens (including phenoxy) is 1. The van der Waals surface area contributed by atoms with Crippen molar-refractivity contribution in [3.8, 4) is 5.75 Å². The first-order valence-corrected chi connectivity index (χ1v) is 4.42.